The van der Waals surface area contributed by atoms with Crippen molar-refractivity contribution in [2.45, 2.75) is 12.1 Å². The molecule has 0 radical (unpaired) electrons. The molecule has 2 atom stereocenters. The summed E-state index contributed by atoms with van der Waals surface area (Å²) in [6, 6.07) is 3.58. The second-order valence-electron chi connectivity index (χ2n) is 4.99. The van der Waals surface area contributed by atoms with Gasteiger partial charge in [-0.2, -0.15) is 0 Å². The van der Waals surface area contributed by atoms with Crippen LogP contribution in [0.15, 0.2) is 18.3 Å². The van der Waals surface area contributed by atoms with E-state index in [-0.39, 0.29) is 11.8 Å². The van der Waals surface area contributed by atoms with Gasteiger partial charge in [-0.3, -0.25) is 15.0 Å². The Balaban J connectivity index is 1.75. The quantitative estimate of drug-likeness (QED) is 0.572. The van der Waals surface area contributed by atoms with E-state index in [4.69, 9.17) is 4.74 Å². The molecule has 2 aliphatic heterocycles. The van der Waals surface area contributed by atoms with Crippen LogP contribution in [0.2, 0.25) is 0 Å². The first-order valence-corrected chi connectivity index (χ1v) is 6.32. The van der Waals surface area contributed by atoms with Crippen molar-refractivity contribution in [2.75, 3.05) is 38.2 Å². The lowest BCUT2D eigenvalue weighted by Gasteiger charge is -2.33. The third-order valence-corrected chi connectivity index (χ3v) is 3.85. The van der Waals surface area contributed by atoms with Crippen LogP contribution >= 0.6 is 0 Å². The monoisotopic (exact) mass is 264 g/mol. The molecule has 1 aromatic rings. The van der Waals surface area contributed by atoms with Gasteiger partial charge in [-0.25, -0.2) is 4.98 Å². The van der Waals surface area contributed by atoms with Crippen LogP contribution in [0.1, 0.15) is 0 Å². The minimum Gasteiger partial charge on any atom is -0.373 e. The maximum atomic E-state index is 10.6. The topological polar surface area (TPSA) is 71.7 Å². The van der Waals surface area contributed by atoms with Gasteiger partial charge in [0.05, 0.1) is 23.7 Å². The number of pyridine rings is 1. The van der Waals surface area contributed by atoms with E-state index < -0.39 is 4.92 Å². The molecule has 3 rings (SSSR count). The average molecular weight is 264 g/mol. The summed E-state index contributed by atoms with van der Waals surface area (Å²) in [6.45, 7) is 3.35. The van der Waals surface area contributed by atoms with E-state index in [2.05, 4.69) is 21.8 Å². The highest BCUT2D eigenvalue weighted by Crippen LogP contribution is 2.26. The summed E-state index contributed by atoms with van der Waals surface area (Å²) in [4.78, 5) is 18.8. The van der Waals surface area contributed by atoms with Gasteiger partial charge in [0.25, 0.3) is 5.69 Å². The van der Waals surface area contributed by atoms with Gasteiger partial charge < -0.3 is 9.64 Å². The van der Waals surface area contributed by atoms with Crippen molar-refractivity contribution in [1.82, 2.24) is 9.88 Å². The Labute approximate surface area is 110 Å². The summed E-state index contributed by atoms with van der Waals surface area (Å²) in [6.07, 6.45) is 1.51. The highest BCUT2D eigenvalue weighted by molar-refractivity contribution is 5.44. The van der Waals surface area contributed by atoms with Crippen molar-refractivity contribution >= 4 is 11.5 Å². The van der Waals surface area contributed by atoms with Crippen LogP contribution in [0.4, 0.5) is 11.5 Å². The van der Waals surface area contributed by atoms with Crippen LogP contribution in [0, 0.1) is 10.1 Å². The molecule has 2 unspecified atom stereocenters. The number of nitro groups is 1. The van der Waals surface area contributed by atoms with Gasteiger partial charge in [-0.1, -0.05) is 0 Å². The third-order valence-electron chi connectivity index (χ3n) is 3.85. The highest BCUT2D eigenvalue weighted by atomic mass is 16.6. The van der Waals surface area contributed by atoms with Crippen molar-refractivity contribution in [2.24, 2.45) is 0 Å². The fraction of sp³-hybridized carbons (Fsp3) is 0.583. The largest absolute Gasteiger partial charge is 0.373 e. The molecule has 19 heavy (non-hydrogen) atoms. The number of hydrogen-bond acceptors (Lipinski definition) is 6. The Morgan fingerprint density at radius 2 is 2.32 bits per heavy atom. The number of rotatable bonds is 2. The standard InChI is InChI=1S/C12H16N4O3/c1-14-4-5-19-11-8-15(7-10(11)14)12-3-2-9(6-13-12)16(17)18/h2-3,6,10-11H,4-5,7-8H2,1H3. The first-order valence-electron chi connectivity index (χ1n) is 6.32. The van der Waals surface area contributed by atoms with Gasteiger partial charge in [0, 0.05) is 25.7 Å². The fourth-order valence-corrected chi connectivity index (χ4v) is 2.72. The Morgan fingerprint density at radius 3 is 2.95 bits per heavy atom. The number of aromatic nitrogens is 1. The van der Waals surface area contributed by atoms with E-state index in [0.717, 1.165) is 32.1 Å². The van der Waals surface area contributed by atoms with Crippen molar-refractivity contribution in [3.8, 4) is 0 Å². The van der Waals surface area contributed by atoms with Crippen LogP contribution in [0.5, 0.6) is 0 Å². The Bertz CT molecular complexity index is 478. The van der Waals surface area contributed by atoms with Crippen molar-refractivity contribution in [3.05, 3.63) is 28.4 Å². The summed E-state index contributed by atoms with van der Waals surface area (Å²) in [5.41, 5.74) is 0.0220. The maximum absolute atomic E-state index is 10.6. The highest BCUT2D eigenvalue weighted by Gasteiger charge is 2.39. The van der Waals surface area contributed by atoms with Crippen LogP contribution in [-0.2, 0) is 4.74 Å². The molecule has 0 aliphatic carbocycles. The minimum atomic E-state index is -0.433. The number of fused-ring (bicyclic) bond motifs is 1. The molecule has 0 N–H and O–H groups in total. The van der Waals surface area contributed by atoms with Crippen LogP contribution in [-0.4, -0.2) is 60.2 Å². The summed E-state index contributed by atoms with van der Waals surface area (Å²) in [7, 11) is 2.10. The number of ether oxygens (including phenoxy) is 1. The number of hydrogen-bond donors (Lipinski definition) is 0. The fourth-order valence-electron chi connectivity index (χ4n) is 2.72. The third kappa shape index (κ3) is 2.26. The van der Waals surface area contributed by atoms with Crippen molar-refractivity contribution < 1.29 is 9.66 Å². The maximum Gasteiger partial charge on any atom is 0.287 e. The number of morpholine rings is 1. The van der Waals surface area contributed by atoms with Gasteiger partial charge in [-0.05, 0) is 13.1 Å². The Morgan fingerprint density at radius 1 is 1.47 bits per heavy atom. The molecule has 0 bridgehead atoms. The van der Waals surface area contributed by atoms with Gasteiger partial charge in [0.1, 0.15) is 12.0 Å². The molecule has 2 aliphatic rings. The first kappa shape index (κ1) is 12.3. The Hall–Kier alpha value is -1.73. The molecular weight excluding hydrogens is 248 g/mol. The smallest absolute Gasteiger partial charge is 0.287 e. The van der Waals surface area contributed by atoms with Gasteiger partial charge in [0.15, 0.2) is 0 Å². The molecule has 0 amide bonds. The zero-order chi connectivity index (χ0) is 13.4. The predicted octanol–water partition coefficient (Wildman–Crippen LogP) is 0.509. The predicted molar refractivity (Wildman–Crippen MR) is 69.3 cm³/mol. The molecule has 0 spiro atoms. The van der Waals surface area contributed by atoms with E-state index in [9.17, 15) is 10.1 Å². The second kappa shape index (κ2) is 4.75. The number of anilines is 1. The van der Waals surface area contributed by atoms with Crippen LogP contribution in [0.3, 0.4) is 0 Å². The molecular formula is C12H16N4O3. The number of nitrogens with zero attached hydrogens (tertiary/aromatic N) is 4. The SMILES string of the molecule is CN1CCOC2CN(c3ccc([N+](=O)[O-])cn3)CC21. The van der Waals surface area contributed by atoms with E-state index in [1.54, 1.807) is 6.07 Å². The Kier molecular flexibility index (Phi) is 3.08. The van der Waals surface area contributed by atoms with Crippen molar-refractivity contribution in [3.63, 3.8) is 0 Å². The van der Waals surface area contributed by atoms with Crippen LogP contribution < -0.4 is 4.90 Å². The van der Waals surface area contributed by atoms with Crippen molar-refractivity contribution in [1.29, 1.82) is 0 Å². The molecule has 3 heterocycles. The second-order valence-corrected chi connectivity index (χ2v) is 4.99. The lowest BCUT2D eigenvalue weighted by molar-refractivity contribution is -0.385. The minimum absolute atomic E-state index is 0.0220. The summed E-state index contributed by atoms with van der Waals surface area (Å²) in [5.74, 6) is 0.775. The summed E-state index contributed by atoms with van der Waals surface area (Å²) < 4.78 is 5.77. The summed E-state index contributed by atoms with van der Waals surface area (Å²) >= 11 is 0. The molecule has 2 fully saturated rings. The van der Waals surface area contributed by atoms with E-state index in [1.165, 1.54) is 12.3 Å². The summed E-state index contributed by atoms with van der Waals surface area (Å²) in [5, 5.41) is 10.6. The van der Waals surface area contributed by atoms with E-state index >= 15 is 0 Å². The molecule has 0 saturated carbocycles. The lowest BCUT2D eigenvalue weighted by atomic mass is 10.1. The molecule has 102 valence electrons. The molecule has 7 heteroatoms. The first-order chi connectivity index (χ1) is 9.15. The average Bonchev–Trinajstić information content (AvgIpc) is 2.84. The molecule has 0 aromatic carbocycles. The normalized spacial score (nSPS) is 27.3. The number of likely N-dealkylation sites (N-methyl/N-ethyl adjacent to an activating group) is 1. The zero-order valence-corrected chi connectivity index (χ0v) is 10.7. The molecule has 2 saturated heterocycles. The van der Waals surface area contributed by atoms with Gasteiger partial charge >= 0.3 is 0 Å². The molecule has 7 nitrogen and oxygen atoms in total. The van der Waals surface area contributed by atoms with E-state index in [1.807, 2.05) is 0 Å². The zero-order valence-electron chi connectivity index (χ0n) is 10.7. The lowest BCUT2D eigenvalue weighted by Crippen LogP contribution is -2.48. The van der Waals surface area contributed by atoms with Crippen LogP contribution in [0.25, 0.3) is 0 Å². The van der Waals surface area contributed by atoms with E-state index in [0.29, 0.717) is 6.04 Å². The molecule has 1 aromatic heterocycles. The van der Waals surface area contributed by atoms with Gasteiger partial charge in [0.2, 0.25) is 0 Å². The van der Waals surface area contributed by atoms with Gasteiger partial charge in [-0.15, -0.1) is 0 Å².